The normalized spacial score (nSPS) is 16.4. The van der Waals surface area contributed by atoms with E-state index >= 15 is 0 Å². The van der Waals surface area contributed by atoms with E-state index < -0.39 is 0 Å². The molecule has 0 saturated carbocycles. The molecule has 192 valence electrons. The minimum Gasteiger partial charge on any atom is -0.523 e. The first-order chi connectivity index (χ1) is 15.8. The fourth-order valence-corrected chi connectivity index (χ4v) is 2.78. The van der Waals surface area contributed by atoms with Gasteiger partial charge in [-0.25, -0.2) is 0 Å². The van der Waals surface area contributed by atoms with E-state index in [0.717, 1.165) is 24.7 Å². The molecule has 1 fully saturated rings. The predicted octanol–water partition coefficient (Wildman–Crippen LogP) is 4.86. The maximum atomic E-state index is 5.54. The van der Waals surface area contributed by atoms with Gasteiger partial charge in [0, 0.05) is 27.4 Å². The number of hydrogen-bond donors (Lipinski definition) is 0. The van der Waals surface area contributed by atoms with Gasteiger partial charge in [-0.3, -0.25) is 0 Å². The van der Waals surface area contributed by atoms with Crippen molar-refractivity contribution in [2.75, 3.05) is 27.4 Å². The fraction of sp³-hybridized carbons (Fsp3) is 0.727. The summed E-state index contributed by atoms with van der Waals surface area (Å²) in [5, 5.41) is 0. The molecule has 0 radical (unpaired) electrons. The molecule has 1 aromatic rings. The highest BCUT2D eigenvalue weighted by atomic mass is 16.7. The molecular weight excluding hydrogens is 435 g/mol. The summed E-state index contributed by atoms with van der Waals surface area (Å²) in [7, 11) is 2.92. The van der Waals surface area contributed by atoms with Crippen molar-refractivity contribution in [3.8, 4) is 11.5 Å². The first kappa shape index (κ1) is 32.8. The molecule has 3 rings (SSSR count). The van der Waals surface area contributed by atoms with Gasteiger partial charge in [-0.15, -0.1) is 0 Å². The summed E-state index contributed by atoms with van der Waals surface area (Å²) in [6.07, 6.45) is 0. The summed E-state index contributed by atoms with van der Waals surface area (Å²) in [5.74, 6) is 1.69. The quantitative estimate of drug-likeness (QED) is 0.536. The Balaban J connectivity index is 0.000000437. The first-order valence-corrected chi connectivity index (χ1v) is 11.9. The van der Waals surface area contributed by atoms with Crippen LogP contribution >= 0.6 is 0 Å². The highest BCUT2D eigenvalue weighted by molar-refractivity contribution is 6.46. The average Bonchev–Trinajstić information content (AvgIpc) is 3.22. The van der Waals surface area contributed by atoms with E-state index in [1.54, 1.807) is 14.2 Å². The lowest BCUT2D eigenvalue weighted by Crippen LogP contribution is -2.41. The number of benzene rings is 1. The third kappa shape index (κ3) is 12.5. The van der Waals surface area contributed by atoms with E-state index in [4.69, 9.17) is 27.9 Å². The van der Waals surface area contributed by atoms with Crippen molar-refractivity contribution in [1.82, 2.24) is 0 Å². The van der Waals surface area contributed by atoms with Gasteiger partial charge in [-0.05, 0) is 81.0 Å². The number of hydrogen-bond acceptors (Lipinski definition) is 8. The van der Waals surface area contributed by atoms with Crippen LogP contribution in [0, 0.1) is 0 Å². The van der Waals surface area contributed by atoms with Crippen LogP contribution in [0.1, 0.15) is 41.5 Å². The summed E-state index contributed by atoms with van der Waals surface area (Å²) in [4.78, 5) is 0. The molecule has 0 atom stereocenters. The molecule has 0 N–H and O–H groups in total. The summed E-state index contributed by atoms with van der Waals surface area (Å²) < 4.78 is 41.1. The lowest BCUT2D eigenvalue weighted by atomic mass is 9.90. The molecule has 0 bridgehead atoms. The van der Waals surface area contributed by atoms with Crippen molar-refractivity contribution < 1.29 is 37.2 Å². The molecule has 0 spiro atoms. The van der Waals surface area contributed by atoms with Crippen LogP contribution in [-0.2, 0) is 27.9 Å². The van der Waals surface area contributed by atoms with Gasteiger partial charge in [0.25, 0.3) is 0 Å². The van der Waals surface area contributed by atoms with E-state index in [0.29, 0.717) is 0 Å². The molecule has 0 aromatic heterocycles. The van der Waals surface area contributed by atoms with Gasteiger partial charge in [0.05, 0.1) is 11.2 Å². The molecule has 1 saturated heterocycles. The van der Waals surface area contributed by atoms with Gasteiger partial charge in [0.1, 0.15) is 11.5 Å². The first-order valence-electron chi connectivity index (χ1n) is 11.9. The van der Waals surface area contributed by atoms with Crippen LogP contribution in [0.25, 0.3) is 0 Å². The smallest absolute Gasteiger partial charge is 0.523 e. The lowest BCUT2D eigenvalue weighted by molar-refractivity contribution is 0.00578. The van der Waals surface area contributed by atoms with Gasteiger partial charge in [0.2, 0.25) is 0 Å². The van der Waals surface area contributed by atoms with Gasteiger partial charge in [-0.1, -0.05) is 12.1 Å². The molecule has 12 heteroatoms. The molecule has 0 unspecified atom stereocenters. The highest BCUT2D eigenvalue weighted by Crippen LogP contribution is 2.36. The molecule has 2 heterocycles. The monoisotopic (exact) mass is 480 g/mol. The Morgan fingerprint density at radius 1 is 0.735 bits per heavy atom. The summed E-state index contributed by atoms with van der Waals surface area (Å²) in [6, 6.07) is 7.66. The van der Waals surface area contributed by atoms with E-state index in [2.05, 4.69) is 37.0 Å². The van der Waals surface area contributed by atoms with E-state index in [-0.39, 0.29) is 39.7 Å². The summed E-state index contributed by atoms with van der Waals surface area (Å²) in [5.41, 5.74) is -0.321. The van der Waals surface area contributed by atoms with Crippen LogP contribution in [0.2, 0.25) is 27.3 Å². The van der Waals surface area contributed by atoms with Gasteiger partial charge >= 0.3 is 28.5 Å². The Morgan fingerprint density at radius 3 is 1.35 bits per heavy atom. The molecule has 0 amide bonds. The van der Waals surface area contributed by atoms with Gasteiger partial charge in [-0.2, -0.15) is 0 Å². The Morgan fingerprint density at radius 2 is 1.12 bits per heavy atom. The second kappa shape index (κ2) is 16.5. The number of para-hydroxylation sites is 2. The minimum absolute atomic E-state index is 0.0370. The van der Waals surface area contributed by atoms with Crippen molar-refractivity contribution in [3.05, 3.63) is 24.3 Å². The zero-order chi connectivity index (χ0) is 26.4. The largest absolute Gasteiger partial charge is 0.591 e. The minimum atomic E-state index is -0.160. The van der Waals surface area contributed by atoms with Crippen molar-refractivity contribution in [1.29, 1.82) is 0 Å². The Bertz CT molecular complexity index is 615. The third-order valence-corrected chi connectivity index (χ3v) is 5.27. The zero-order valence-corrected chi connectivity index (χ0v) is 23.3. The second-order valence-corrected chi connectivity index (χ2v) is 8.59. The van der Waals surface area contributed by atoms with Crippen molar-refractivity contribution in [3.63, 3.8) is 0 Å². The van der Waals surface area contributed by atoms with E-state index in [1.807, 2.05) is 65.4 Å². The summed E-state index contributed by atoms with van der Waals surface area (Å²) in [6.45, 7) is 21.1. The molecule has 0 aliphatic carbocycles. The number of rotatable bonds is 6. The van der Waals surface area contributed by atoms with Crippen LogP contribution in [0.3, 0.4) is 0 Å². The topological polar surface area (TPSA) is 73.8 Å². The van der Waals surface area contributed by atoms with E-state index in [9.17, 15) is 0 Å². The number of fused-ring (bicyclic) bond motifs is 1. The molecule has 34 heavy (non-hydrogen) atoms. The molecule has 2 aliphatic rings. The van der Waals surface area contributed by atoms with Crippen LogP contribution < -0.4 is 9.31 Å². The van der Waals surface area contributed by atoms with Crippen LogP contribution in [0.15, 0.2) is 24.3 Å². The van der Waals surface area contributed by atoms with Crippen molar-refractivity contribution >= 4 is 28.5 Å². The van der Waals surface area contributed by atoms with Crippen LogP contribution in [0.5, 0.6) is 11.5 Å². The fourth-order valence-electron chi connectivity index (χ4n) is 2.78. The van der Waals surface area contributed by atoms with Crippen LogP contribution in [0.4, 0.5) is 0 Å². The second-order valence-electron chi connectivity index (χ2n) is 8.59. The molecule has 2 aliphatic heterocycles. The van der Waals surface area contributed by atoms with Crippen LogP contribution in [-0.4, -0.2) is 67.1 Å². The Hall–Kier alpha value is -1.16. The van der Waals surface area contributed by atoms with Crippen molar-refractivity contribution in [2.45, 2.75) is 80.0 Å². The predicted molar refractivity (Wildman–Crippen MR) is 142 cm³/mol. The Labute approximate surface area is 209 Å². The van der Waals surface area contributed by atoms with Gasteiger partial charge < -0.3 is 37.2 Å². The maximum absolute atomic E-state index is 5.54. The van der Waals surface area contributed by atoms with Gasteiger partial charge in [0.15, 0.2) is 0 Å². The standard InChI is InChI=1S/C7H7BO2.C7H15BO2.C5H13BO2.C3H9BO2/c1-8-9-6-4-2-3-5-7(6)10-8;1-6(2)7(3,4)10-8(5)9-6;1-4-7-6(3)8-5-2;1-4(5-2)6-3/h2-5H,1H3;1-5H3;4-5H2,1-3H3;1-3H3. The third-order valence-electron chi connectivity index (χ3n) is 5.27. The van der Waals surface area contributed by atoms with Crippen molar-refractivity contribution in [2.24, 2.45) is 0 Å². The Kier molecular flexibility index (Phi) is 15.9. The molecule has 8 nitrogen and oxygen atoms in total. The molecular formula is C22H44B4O8. The van der Waals surface area contributed by atoms with E-state index in [1.165, 1.54) is 0 Å². The maximum Gasteiger partial charge on any atom is 0.591 e. The lowest BCUT2D eigenvalue weighted by Gasteiger charge is -2.32. The summed E-state index contributed by atoms with van der Waals surface area (Å²) >= 11 is 0. The average molecular weight is 480 g/mol. The SMILES string of the molecule is CB1OC(C)(C)C(C)(C)O1.CB1Oc2ccccc2O1.CCOB(C)OCC.COB(C)OC. The zero-order valence-electron chi connectivity index (χ0n) is 23.3. The highest BCUT2D eigenvalue weighted by Gasteiger charge is 2.48. The molecule has 1 aromatic carbocycles.